The summed E-state index contributed by atoms with van der Waals surface area (Å²) >= 11 is 0. The molecule has 0 bridgehead atoms. The first-order chi connectivity index (χ1) is 9.22. The monoisotopic (exact) mass is 307 g/mol. The van der Waals surface area contributed by atoms with E-state index in [9.17, 15) is 18.0 Å². The smallest absolute Gasteiger partial charge is 0.307 e. The zero-order valence-electron chi connectivity index (χ0n) is 11.6. The molecule has 116 valence electrons. The molecule has 1 aliphatic heterocycles. The van der Waals surface area contributed by atoms with Gasteiger partial charge in [-0.3, -0.25) is 9.59 Å². The van der Waals surface area contributed by atoms with E-state index in [1.165, 1.54) is 0 Å². The second-order valence-electron chi connectivity index (χ2n) is 5.08. The van der Waals surface area contributed by atoms with Crippen LogP contribution in [0.3, 0.4) is 0 Å². The van der Waals surface area contributed by atoms with Gasteiger partial charge in [-0.2, -0.15) is 17.4 Å². The Hall–Kier alpha value is -1.19. The first-order valence-electron chi connectivity index (χ1n) is 6.49. The van der Waals surface area contributed by atoms with Crippen LogP contribution in [0.4, 0.5) is 0 Å². The molecule has 0 spiro atoms. The maximum Gasteiger partial charge on any atom is 0.307 e. The Bertz CT molecular complexity index is 463. The van der Waals surface area contributed by atoms with Gasteiger partial charge in [0.25, 0.3) is 10.2 Å². The number of carboxylic acids is 1. The highest BCUT2D eigenvalue weighted by molar-refractivity contribution is 7.87. The number of carboxylic acid groups (broad SMARTS) is 1. The fourth-order valence-corrected chi connectivity index (χ4v) is 3.23. The van der Waals surface area contributed by atoms with Crippen molar-refractivity contribution in [3.8, 4) is 0 Å². The average molecular weight is 307 g/mol. The number of nitrogens with zero attached hydrogens (tertiary/aromatic N) is 1. The number of amides is 1. The summed E-state index contributed by atoms with van der Waals surface area (Å²) in [4.78, 5) is 22.3. The van der Waals surface area contributed by atoms with Gasteiger partial charge in [-0.05, 0) is 26.7 Å². The number of hydrogen-bond donors (Lipinski definition) is 3. The molecule has 1 rings (SSSR count). The largest absolute Gasteiger partial charge is 0.481 e. The molecule has 0 aromatic heterocycles. The highest BCUT2D eigenvalue weighted by Gasteiger charge is 2.32. The van der Waals surface area contributed by atoms with E-state index >= 15 is 0 Å². The molecule has 1 amide bonds. The molecule has 0 aromatic rings. The van der Waals surface area contributed by atoms with Crippen molar-refractivity contribution in [3.63, 3.8) is 0 Å². The van der Waals surface area contributed by atoms with Gasteiger partial charge in [0, 0.05) is 19.1 Å². The van der Waals surface area contributed by atoms with Gasteiger partial charge in [0.1, 0.15) is 0 Å². The highest BCUT2D eigenvalue weighted by atomic mass is 32.2. The Morgan fingerprint density at radius 2 is 2.05 bits per heavy atom. The van der Waals surface area contributed by atoms with Gasteiger partial charge in [-0.15, -0.1) is 0 Å². The predicted molar refractivity (Wildman–Crippen MR) is 72.1 cm³/mol. The third-order valence-corrected chi connectivity index (χ3v) is 4.46. The maximum atomic E-state index is 12.0. The van der Waals surface area contributed by atoms with E-state index in [0.717, 1.165) is 4.31 Å². The average Bonchev–Trinajstić information content (AvgIpc) is 2.36. The van der Waals surface area contributed by atoms with Crippen molar-refractivity contribution < 1.29 is 23.1 Å². The minimum Gasteiger partial charge on any atom is -0.481 e. The van der Waals surface area contributed by atoms with E-state index in [-0.39, 0.29) is 25.7 Å². The van der Waals surface area contributed by atoms with Crippen LogP contribution in [0.1, 0.15) is 26.7 Å². The van der Waals surface area contributed by atoms with Crippen LogP contribution in [0.25, 0.3) is 0 Å². The molecular formula is C11H21N3O5S. The molecule has 0 saturated carbocycles. The normalized spacial score (nSPS) is 20.9. The van der Waals surface area contributed by atoms with Gasteiger partial charge >= 0.3 is 5.97 Å². The zero-order chi connectivity index (χ0) is 15.3. The molecule has 0 aliphatic carbocycles. The van der Waals surface area contributed by atoms with Crippen LogP contribution in [0.15, 0.2) is 0 Å². The van der Waals surface area contributed by atoms with Gasteiger partial charge in [0.15, 0.2) is 0 Å². The molecule has 1 heterocycles. The molecule has 1 aliphatic rings. The van der Waals surface area contributed by atoms with Gasteiger partial charge in [-0.25, -0.2) is 0 Å². The van der Waals surface area contributed by atoms with Crippen LogP contribution in [-0.2, 0) is 19.8 Å². The second kappa shape index (κ2) is 7.00. The summed E-state index contributed by atoms with van der Waals surface area (Å²) in [6.45, 7) is 3.40. The van der Waals surface area contributed by atoms with E-state index in [1.807, 2.05) is 0 Å². The SMILES string of the molecule is CC(C)NC(=O)CNS(=O)(=O)N1CCCC(C(=O)O)C1. The van der Waals surface area contributed by atoms with Crippen molar-refractivity contribution in [3.05, 3.63) is 0 Å². The fraction of sp³-hybridized carbons (Fsp3) is 0.818. The summed E-state index contributed by atoms with van der Waals surface area (Å²) in [6, 6.07) is -0.0709. The van der Waals surface area contributed by atoms with Gasteiger partial charge in [-0.1, -0.05) is 0 Å². The molecular weight excluding hydrogens is 286 g/mol. The molecule has 0 radical (unpaired) electrons. The number of hydrogen-bond acceptors (Lipinski definition) is 4. The Morgan fingerprint density at radius 3 is 2.60 bits per heavy atom. The third kappa shape index (κ3) is 5.06. The minimum absolute atomic E-state index is 0.0591. The van der Waals surface area contributed by atoms with Gasteiger partial charge in [0.05, 0.1) is 12.5 Å². The van der Waals surface area contributed by atoms with Gasteiger partial charge in [0.2, 0.25) is 5.91 Å². The predicted octanol–water partition coefficient (Wildman–Crippen LogP) is -0.858. The van der Waals surface area contributed by atoms with Crippen molar-refractivity contribution in [2.24, 2.45) is 5.92 Å². The summed E-state index contributed by atoms with van der Waals surface area (Å²) in [7, 11) is -3.82. The minimum atomic E-state index is -3.82. The lowest BCUT2D eigenvalue weighted by atomic mass is 10.0. The highest BCUT2D eigenvalue weighted by Crippen LogP contribution is 2.18. The topological polar surface area (TPSA) is 116 Å². The summed E-state index contributed by atoms with van der Waals surface area (Å²) < 4.78 is 27.2. The number of aliphatic carboxylic acids is 1. The molecule has 1 atom stereocenters. The molecule has 8 nitrogen and oxygen atoms in total. The molecule has 20 heavy (non-hydrogen) atoms. The van der Waals surface area contributed by atoms with E-state index in [0.29, 0.717) is 12.8 Å². The number of rotatable bonds is 6. The van der Waals surface area contributed by atoms with Crippen molar-refractivity contribution in [2.45, 2.75) is 32.7 Å². The van der Waals surface area contributed by atoms with Crippen molar-refractivity contribution >= 4 is 22.1 Å². The van der Waals surface area contributed by atoms with Crippen LogP contribution >= 0.6 is 0 Å². The molecule has 0 aromatic carbocycles. The van der Waals surface area contributed by atoms with E-state index < -0.39 is 28.0 Å². The van der Waals surface area contributed by atoms with Gasteiger partial charge < -0.3 is 10.4 Å². The third-order valence-electron chi connectivity index (χ3n) is 2.94. The molecule has 1 unspecified atom stereocenters. The number of carbonyl (C=O) groups is 2. The van der Waals surface area contributed by atoms with Crippen molar-refractivity contribution in [2.75, 3.05) is 19.6 Å². The number of piperidine rings is 1. The Labute approximate surface area is 118 Å². The van der Waals surface area contributed by atoms with E-state index in [4.69, 9.17) is 5.11 Å². The fourth-order valence-electron chi connectivity index (χ4n) is 1.98. The Kier molecular flexibility index (Phi) is 5.90. The quantitative estimate of drug-likeness (QED) is 0.590. The Morgan fingerprint density at radius 1 is 1.40 bits per heavy atom. The number of nitrogens with one attached hydrogen (secondary N) is 2. The first-order valence-corrected chi connectivity index (χ1v) is 7.93. The summed E-state index contributed by atoms with van der Waals surface area (Å²) in [5.74, 6) is -2.11. The lowest BCUT2D eigenvalue weighted by molar-refractivity contribution is -0.142. The molecule has 1 fully saturated rings. The number of carbonyl (C=O) groups excluding carboxylic acids is 1. The Balaban J connectivity index is 2.55. The van der Waals surface area contributed by atoms with Crippen molar-refractivity contribution in [1.29, 1.82) is 0 Å². The van der Waals surface area contributed by atoms with Crippen molar-refractivity contribution in [1.82, 2.24) is 14.3 Å². The van der Waals surface area contributed by atoms with Crippen LogP contribution < -0.4 is 10.0 Å². The maximum absolute atomic E-state index is 12.0. The van der Waals surface area contributed by atoms with E-state index in [2.05, 4.69) is 10.0 Å². The summed E-state index contributed by atoms with van der Waals surface area (Å²) in [6.07, 6.45) is 0.964. The standard InChI is InChI=1S/C11H21N3O5S/c1-8(2)13-10(15)6-12-20(18,19)14-5-3-4-9(7-14)11(16)17/h8-9,12H,3-7H2,1-2H3,(H,13,15)(H,16,17). The summed E-state index contributed by atoms with van der Waals surface area (Å²) in [5, 5.41) is 11.5. The lowest BCUT2D eigenvalue weighted by Crippen LogP contribution is -2.49. The van der Waals surface area contributed by atoms with Crippen LogP contribution in [0, 0.1) is 5.92 Å². The van der Waals surface area contributed by atoms with Crippen LogP contribution in [-0.4, -0.2) is 55.4 Å². The molecule has 3 N–H and O–H groups in total. The second-order valence-corrected chi connectivity index (χ2v) is 6.84. The zero-order valence-corrected chi connectivity index (χ0v) is 12.4. The molecule has 1 saturated heterocycles. The lowest BCUT2D eigenvalue weighted by Gasteiger charge is -2.29. The first kappa shape index (κ1) is 16.9. The molecule has 9 heteroatoms. The van der Waals surface area contributed by atoms with Crippen LogP contribution in [0.5, 0.6) is 0 Å². The van der Waals surface area contributed by atoms with Crippen LogP contribution in [0.2, 0.25) is 0 Å². The van der Waals surface area contributed by atoms with E-state index in [1.54, 1.807) is 13.8 Å². The summed E-state index contributed by atoms with van der Waals surface area (Å²) in [5.41, 5.74) is 0.